The number of nitrogens with one attached hydrogen (secondary N) is 1. The highest BCUT2D eigenvalue weighted by molar-refractivity contribution is 5.34. The maximum atomic E-state index is 13.0. The van der Waals surface area contributed by atoms with Gasteiger partial charge in [-0.3, -0.25) is 0 Å². The Morgan fingerprint density at radius 1 is 1.38 bits per heavy atom. The first-order valence-electron chi connectivity index (χ1n) is 5.48. The third-order valence-corrected chi connectivity index (χ3v) is 2.49. The molecule has 4 heteroatoms. The van der Waals surface area contributed by atoms with Crippen molar-refractivity contribution in [1.29, 1.82) is 0 Å². The number of phenols is 1. The van der Waals surface area contributed by atoms with E-state index in [1.54, 1.807) is 0 Å². The van der Waals surface area contributed by atoms with E-state index >= 15 is 0 Å². The minimum absolute atomic E-state index is 0.101. The molecule has 1 aromatic carbocycles. The van der Waals surface area contributed by atoms with Gasteiger partial charge in [0.2, 0.25) is 0 Å². The molecule has 0 bridgehead atoms. The van der Waals surface area contributed by atoms with Crippen LogP contribution < -0.4 is 5.32 Å². The first kappa shape index (κ1) is 12.9. The molecule has 0 aliphatic carbocycles. The normalized spacial score (nSPS) is 12.7. The first-order chi connectivity index (χ1) is 7.65. The van der Waals surface area contributed by atoms with E-state index in [4.69, 9.17) is 5.11 Å². The minimum Gasteiger partial charge on any atom is -0.508 e. The van der Waals surface area contributed by atoms with Crippen molar-refractivity contribution in [3.63, 3.8) is 0 Å². The van der Waals surface area contributed by atoms with Crippen LogP contribution in [0.1, 0.15) is 31.4 Å². The molecule has 1 rings (SSSR count). The van der Waals surface area contributed by atoms with Crippen molar-refractivity contribution >= 4 is 0 Å². The lowest BCUT2D eigenvalue weighted by Gasteiger charge is -2.15. The largest absolute Gasteiger partial charge is 0.508 e. The Hall–Kier alpha value is -1.13. The van der Waals surface area contributed by atoms with Crippen LogP contribution in [0.3, 0.4) is 0 Å². The van der Waals surface area contributed by atoms with Crippen LogP contribution in [0.2, 0.25) is 0 Å². The number of aliphatic hydroxyl groups is 1. The molecule has 0 heterocycles. The molecule has 0 saturated heterocycles. The molecule has 90 valence electrons. The van der Waals surface area contributed by atoms with Gasteiger partial charge in [0.15, 0.2) is 0 Å². The standard InChI is InChI=1S/C12H18FNO2/c1-9(14-6-2-3-7-15)11-8-10(13)4-5-12(11)16/h4-5,8-9,14-16H,2-3,6-7H2,1H3. The van der Waals surface area contributed by atoms with E-state index in [-0.39, 0.29) is 24.2 Å². The predicted molar refractivity (Wildman–Crippen MR) is 60.8 cm³/mol. The molecule has 0 spiro atoms. The number of benzene rings is 1. The molecule has 1 unspecified atom stereocenters. The quantitative estimate of drug-likeness (QED) is 0.651. The van der Waals surface area contributed by atoms with E-state index in [1.807, 2.05) is 6.92 Å². The maximum absolute atomic E-state index is 13.0. The second-order valence-corrected chi connectivity index (χ2v) is 3.81. The third-order valence-electron chi connectivity index (χ3n) is 2.49. The number of rotatable bonds is 6. The summed E-state index contributed by atoms with van der Waals surface area (Å²) in [5, 5.41) is 21.3. The van der Waals surface area contributed by atoms with Crippen LogP contribution in [0.4, 0.5) is 4.39 Å². The average molecular weight is 227 g/mol. The van der Waals surface area contributed by atoms with Gasteiger partial charge in [-0.05, 0) is 44.5 Å². The molecule has 0 amide bonds. The van der Waals surface area contributed by atoms with E-state index in [0.717, 1.165) is 19.4 Å². The highest BCUT2D eigenvalue weighted by atomic mass is 19.1. The van der Waals surface area contributed by atoms with Crippen molar-refractivity contribution in [2.45, 2.75) is 25.8 Å². The topological polar surface area (TPSA) is 52.5 Å². The summed E-state index contributed by atoms with van der Waals surface area (Å²) in [6.45, 7) is 2.78. The third kappa shape index (κ3) is 3.79. The molecule has 0 saturated carbocycles. The summed E-state index contributed by atoms with van der Waals surface area (Å²) < 4.78 is 13.0. The Labute approximate surface area is 94.9 Å². The lowest BCUT2D eigenvalue weighted by atomic mass is 10.1. The summed E-state index contributed by atoms with van der Waals surface area (Å²) in [5.74, 6) is -0.250. The van der Waals surface area contributed by atoms with Gasteiger partial charge < -0.3 is 15.5 Å². The summed E-state index contributed by atoms with van der Waals surface area (Å²) in [7, 11) is 0. The molecule has 0 radical (unpaired) electrons. The maximum Gasteiger partial charge on any atom is 0.123 e. The first-order valence-corrected chi connectivity index (χ1v) is 5.48. The highest BCUT2D eigenvalue weighted by Gasteiger charge is 2.10. The van der Waals surface area contributed by atoms with Gasteiger partial charge in [0.1, 0.15) is 11.6 Å². The van der Waals surface area contributed by atoms with Gasteiger partial charge in [-0.2, -0.15) is 0 Å². The number of aromatic hydroxyl groups is 1. The Balaban J connectivity index is 2.51. The fourth-order valence-electron chi connectivity index (χ4n) is 1.54. The van der Waals surface area contributed by atoms with Crippen molar-refractivity contribution in [2.75, 3.05) is 13.2 Å². The van der Waals surface area contributed by atoms with Crippen molar-refractivity contribution in [3.8, 4) is 5.75 Å². The number of halogens is 1. The Bertz CT molecular complexity index is 331. The zero-order valence-corrected chi connectivity index (χ0v) is 9.41. The van der Waals surface area contributed by atoms with Crippen LogP contribution in [0.5, 0.6) is 5.75 Å². The van der Waals surface area contributed by atoms with Crippen LogP contribution in [-0.4, -0.2) is 23.4 Å². The Morgan fingerprint density at radius 3 is 2.81 bits per heavy atom. The van der Waals surface area contributed by atoms with E-state index in [2.05, 4.69) is 5.32 Å². The van der Waals surface area contributed by atoms with Crippen LogP contribution in [0.15, 0.2) is 18.2 Å². The van der Waals surface area contributed by atoms with Crippen molar-refractivity contribution in [3.05, 3.63) is 29.6 Å². The predicted octanol–water partition coefficient (Wildman–Crippen LogP) is 1.95. The smallest absolute Gasteiger partial charge is 0.123 e. The molecule has 0 aliphatic heterocycles. The molecule has 16 heavy (non-hydrogen) atoms. The fourth-order valence-corrected chi connectivity index (χ4v) is 1.54. The second kappa shape index (κ2) is 6.45. The van der Waals surface area contributed by atoms with Crippen molar-refractivity contribution < 1.29 is 14.6 Å². The van der Waals surface area contributed by atoms with Crippen LogP contribution in [0.25, 0.3) is 0 Å². The Morgan fingerprint density at radius 2 is 2.12 bits per heavy atom. The summed E-state index contributed by atoms with van der Waals surface area (Å²) in [4.78, 5) is 0. The van der Waals surface area contributed by atoms with E-state index in [0.29, 0.717) is 5.56 Å². The summed E-state index contributed by atoms with van der Waals surface area (Å²) in [5.41, 5.74) is 0.559. The van der Waals surface area contributed by atoms with Crippen LogP contribution in [-0.2, 0) is 0 Å². The summed E-state index contributed by atoms with van der Waals surface area (Å²) in [6, 6.07) is 3.82. The Kier molecular flexibility index (Phi) is 5.22. The lowest BCUT2D eigenvalue weighted by molar-refractivity contribution is 0.282. The number of aliphatic hydroxyl groups excluding tert-OH is 1. The number of hydrogen-bond acceptors (Lipinski definition) is 3. The fraction of sp³-hybridized carbons (Fsp3) is 0.500. The van der Waals surface area contributed by atoms with Gasteiger partial charge in [0.05, 0.1) is 0 Å². The SMILES string of the molecule is CC(NCCCCO)c1cc(F)ccc1O. The zero-order chi connectivity index (χ0) is 12.0. The molecule has 0 aliphatic rings. The van der Waals surface area contributed by atoms with Gasteiger partial charge in [-0.1, -0.05) is 0 Å². The van der Waals surface area contributed by atoms with Gasteiger partial charge >= 0.3 is 0 Å². The zero-order valence-electron chi connectivity index (χ0n) is 9.41. The van der Waals surface area contributed by atoms with Crippen LogP contribution in [0, 0.1) is 5.82 Å². The molecular formula is C12H18FNO2. The summed E-state index contributed by atoms with van der Waals surface area (Å²) in [6.07, 6.45) is 1.60. The number of unbranched alkanes of at least 4 members (excludes halogenated alkanes) is 1. The number of phenolic OH excluding ortho intramolecular Hbond substituents is 1. The van der Waals surface area contributed by atoms with Gasteiger partial charge in [-0.15, -0.1) is 0 Å². The molecular weight excluding hydrogens is 209 g/mol. The van der Waals surface area contributed by atoms with Crippen molar-refractivity contribution in [1.82, 2.24) is 5.32 Å². The van der Waals surface area contributed by atoms with E-state index in [9.17, 15) is 9.50 Å². The molecule has 3 nitrogen and oxygen atoms in total. The molecule has 3 N–H and O–H groups in total. The summed E-state index contributed by atoms with van der Waals surface area (Å²) >= 11 is 0. The van der Waals surface area contributed by atoms with Gasteiger partial charge in [0.25, 0.3) is 0 Å². The molecule has 1 atom stereocenters. The minimum atomic E-state index is -0.350. The molecule has 1 aromatic rings. The average Bonchev–Trinajstić information content (AvgIpc) is 2.27. The van der Waals surface area contributed by atoms with E-state index < -0.39 is 0 Å². The van der Waals surface area contributed by atoms with E-state index in [1.165, 1.54) is 18.2 Å². The van der Waals surface area contributed by atoms with Crippen LogP contribution >= 0.6 is 0 Å². The monoisotopic (exact) mass is 227 g/mol. The second-order valence-electron chi connectivity index (χ2n) is 3.81. The van der Waals surface area contributed by atoms with Gasteiger partial charge in [-0.25, -0.2) is 4.39 Å². The van der Waals surface area contributed by atoms with Gasteiger partial charge in [0, 0.05) is 18.2 Å². The van der Waals surface area contributed by atoms with Crippen molar-refractivity contribution in [2.24, 2.45) is 0 Å². The number of hydrogen-bond donors (Lipinski definition) is 3. The highest BCUT2D eigenvalue weighted by Crippen LogP contribution is 2.24. The molecule has 0 fully saturated rings. The molecule has 0 aromatic heterocycles. The lowest BCUT2D eigenvalue weighted by Crippen LogP contribution is -2.20.